The molecule has 1 saturated heterocycles. The van der Waals surface area contributed by atoms with Gasteiger partial charge in [-0.2, -0.15) is 28.5 Å². The quantitative estimate of drug-likeness (QED) is 0.234. The lowest BCUT2D eigenvalue weighted by Crippen LogP contribution is -2.13. The van der Waals surface area contributed by atoms with Gasteiger partial charge in [0.1, 0.15) is 17.1 Å². The van der Waals surface area contributed by atoms with Crippen LogP contribution in [0.5, 0.6) is 5.75 Å². The van der Waals surface area contributed by atoms with Gasteiger partial charge < -0.3 is 9.47 Å². The second-order valence-corrected chi connectivity index (χ2v) is 9.55. The third-order valence-corrected chi connectivity index (χ3v) is 6.63. The van der Waals surface area contributed by atoms with E-state index in [4.69, 9.17) is 9.47 Å². The minimum atomic E-state index is -4.63. The Morgan fingerprint density at radius 3 is 2.56 bits per heavy atom. The van der Waals surface area contributed by atoms with Crippen LogP contribution in [0.4, 0.5) is 22.0 Å². The molecule has 210 valence electrons. The topological polar surface area (TPSA) is 87.8 Å². The van der Waals surface area contributed by atoms with E-state index in [0.717, 1.165) is 18.6 Å². The summed E-state index contributed by atoms with van der Waals surface area (Å²) in [7, 11) is 0. The third kappa shape index (κ3) is 5.71. The predicted octanol–water partition coefficient (Wildman–Crippen LogP) is 5.66. The summed E-state index contributed by atoms with van der Waals surface area (Å²) >= 11 is 0. The Labute approximate surface area is 230 Å². The van der Waals surface area contributed by atoms with Crippen LogP contribution in [0.15, 0.2) is 60.9 Å². The summed E-state index contributed by atoms with van der Waals surface area (Å²) in [5, 5.41) is 12.4. The van der Waals surface area contributed by atoms with Gasteiger partial charge in [-0.15, -0.1) is 0 Å². The summed E-state index contributed by atoms with van der Waals surface area (Å²) in [6, 6.07) is 10.5. The molecule has 0 bridgehead atoms. The van der Waals surface area contributed by atoms with Crippen molar-refractivity contribution in [2.45, 2.75) is 19.1 Å². The number of hydrogen-bond acceptors (Lipinski definition) is 7. The number of fused-ring (bicyclic) bond motifs is 1. The molecule has 8 nitrogen and oxygen atoms in total. The van der Waals surface area contributed by atoms with Crippen LogP contribution in [-0.2, 0) is 17.5 Å². The number of halogens is 5. The zero-order valence-corrected chi connectivity index (χ0v) is 21.3. The smallest absolute Gasteiger partial charge is 0.417 e. The van der Waals surface area contributed by atoms with Crippen LogP contribution < -0.4 is 4.74 Å². The van der Waals surface area contributed by atoms with Gasteiger partial charge in [-0.3, -0.25) is 4.68 Å². The first-order chi connectivity index (χ1) is 19.7. The fourth-order valence-corrected chi connectivity index (χ4v) is 4.50. The average molecular weight is 569 g/mol. The molecule has 1 atom stereocenters. The van der Waals surface area contributed by atoms with Crippen molar-refractivity contribution in [1.82, 2.24) is 29.9 Å². The van der Waals surface area contributed by atoms with E-state index in [9.17, 15) is 22.0 Å². The fourth-order valence-electron chi connectivity index (χ4n) is 4.50. The SMILES string of the molecule is Fc1cccc(-c2nc3cnn(Cc4ccc(-c5ccc(OCC6CCOC6)cc5C(F)(F)F)nn4)cc-3n2)c1F. The van der Waals surface area contributed by atoms with Crippen LogP contribution in [0.25, 0.3) is 34.0 Å². The molecule has 13 heteroatoms. The third-order valence-electron chi connectivity index (χ3n) is 6.63. The summed E-state index contributed by atoms with van der Waals surface area (Å²) in [6.45, 7) is 1.56. The maximum atomic E-state index is 14.2. The Hall–Kier alpha value is -4.52. The maximum Gasteiger partial charge on any atom is 0.417 e. The number of hydrogen-bond donors (Lipinski definition) is 0. The molecule has 1 aromatic heterocycles. The number of aromatic nitrogens is 6. The van der Waals surface area contributed by atoms with Gasteiger partial charge in [-0.1, -0.05) is 6.07 Å². The van der Waals surface area contributed by atoms with E-state index in [1.54, 1.807) is 12.3 Å². The minimum Gasteiger partial charge on any atom is -0.493 e. The first-order valence-electron chi connectivity index (χ1n) is 12.6. The largest absolute Gasteiger partial charge is 0.493 e. The standard InChI is InChI=1S/C28H21F5N6O2/c29-22-3-1-2-20(26(22)30)27-35-24-11-34-39(13-25(24)36-27)12-17-4-7-23(38-37-17)19-6-5-18(10-21(19)28(31,32)33)41-15-16-8-9-40-14-16/h1-7,10-11,13,16H,8-9,12,14-15H2. The van der Waals surface area contributed by atoms with Crippen LogP contribution in [0.3, 0.4) is 0 Å². The number of alkyl halides is 3. The van der Waals surface area contributed by atoms with Gasteiger partial charge in [0, 0.05) is 18.1 Å². The summed E-state index contributed by atoms with van der Waals surface area (Å²) in [5.41, 5.74) is 0.176. The molecule has 0 amide bonds. The number of nitrogens with zero attached hydrogens (tertiary/aromatic N) is 6. The summed E-state index contributed by atoms with van der Waals surface area (Å²) < 4.78 is 81.9. The van der Waals surface area contributed by atoms with Crippen molar-refractivity contribution in [2.75, 3.05) is 19.8 Å². The van der Waals surface area contributed by atoms with Crippen LogP contribution >= 0.6 is 0 Å². The Kier molecular flexibility index (Phi) is 7.03. The minimum absolute atomic E-state index is 0.0186. The molecule has 3 aliphatic heterocycles. The highest BCUT2D eigenvalue weighted by atomic mass is 19.4. The van der Waals surface area contributed by atoms with E-state index in [2.05, 4.69) is 25.3 Å². The average Bonchev–Trinajstić information content (AvgIpc) is 3.63. The molecule has 0 N–H and O–H groups in total. The van der Waals surface area contributed by atoms with Crippen LogP contribution in [0.1, 0.15) is 17.7 Å². The Balaban J connectivity index is 1.20. The molecule has 0 spiro atoms. The normalized spacial score (nSPS) is 15.5. The highest BCUT2D eigenvalue weighted by molar-refractivity contribution is 5.66. The lowest BCUT2D eigenvalue weighted by molar-refractivity contribution is -0.137. The second kappa shape index (κ2) is 10.8. The highest BCUT2D eigenvalue weighted by Gasteiger charge is 2.35. The van der Waals surface area contributed by atoms with E-state index >= 15 is 0 Å². The molecular weight excluding hydrogens is 547 g/mol. The van der Waals surface area contributed by atoms with Gasteiger partial charge >= 0.3 is 6.18 Å². The lowest BCUT2D eigenvalue weighted by atomic mass is 10.0. The molecule has 3 aliphatic rings. The van der Waals surface area contributed by atoms with Crippen molar-refractivity contribution in [3.8, 4) is 39.8 Å². The van der Waals surface area contributed by atoms with Gasteiger partial charge in [-0.25, -0.2) is 18.7 Å². The van der Waals surface area contributed by atoms with Crippen molar-refractivity contribution in [2.24, 2.45) is 5.92 Å². The fraction of sp³-hybridized carbons (Fsp3) is 0.250. The second-order valence-electron chi connectivity index (χ2n) is 9.55. The van der Waals surface area contributed by atoms with E-state index < -0.39 is 23.4 Å². The van der Waals surface area contributed by atoms with Crippen molar-refractivity contribution >= 4 is 0 Å². The summed E-state index contributed by atoms with van der Waals surface area (Å²) in [4.78, 5) is 8.49. The van der Waals surface area contributed by atoms with Crippen molar-refractivity contribution in [1.29, 1.82) is 0 Å². The van der Waals surface area contributed by atoms with Gasteiger partial charge in [0.05, 0.1) is 54.7 Å². The van der Waals surface area contributed by atoms with Gasteiger partial charge in [0.15, 0.2) is 17.5 Å². The van der Waals surface area contributed by atoms with Crippen molar-refractivity contribution in [3.05, 3.63) is 83.8 Å². The van der Waals surface area contributed by atoms with E-state index in [1.165, 1.54) is 41.2 Å². The monoisotopic (exact) mass is 568 g/mol. The molecule has 2 aromatic carbocycles. The number of imidazole rings is 1. The van der Waals surface area contributed by atoms with Crippen LogP contribution in [0.2, 0.25) is 0 Å². The molecule has 0 aliphatic carbocycles. The Morgan fingerprint density at radius 1 is 0.951 bits per heavy atom. The molecule has 1 unspecified atom stereocenters. The van der Waals surface area contributed by atoms with Crippen molar-refractivity contribution < 1.29 is 31.4 Å². The van der Waals surface area contributed by atoms with Crippen LogP contribution in [-0.4, -0.2) is 49.8 Å². The van der Waals surface area contributed by atoms with E-state index in [1.807, 2.05) is 0 Å². The molecule has 1 fully saturated rings. The van der Waals surface area contributed by atoms with Gasteiger partial charge in [0.25, 0.3) is 0 Å². The first-order valence-corrected chi connectivity index (χ1v) is 12.6. The Morgan fingerprint density at radius 2 is 1.80 bits per heavy atom. The molecule has 6 rings (SSSR count). The molecule has 41 heavy (non-hydrogen) atoms. The van der Waals surface area contributed by atoms with Gasteiger partial charge in [-0.05, 0) is 48.9 Å². The zero-order valence-electron chi connectivity index (χ0n) is 21.3. The molecule has 0 saturated carbocycles. The number of ether oxygens (including phenoxy) is 2. The molecule has 0 radical (unpaired) electrons. The lowest BCUT2D eigenvalue weighted by Gasteiger charge is -2.16. The number of benzene rings is 2. The van der Waals surface area contributed by atoms with E-state index in [-0.39, 0.29) is 47.5 Å². The zero-order chi connectivity index (χ0) is 28.6. The Bertz CT molecular complexity index is 1650. The number of rotatable bonds is 7. The maximum absolute atomic E-state index is 14.2. The first kappa shape index (κ1) is 26.7. The van der Waals surface area contributed by atoms with E-state index in [0.29, 0.717) is 30.3 Å². The van der Waals surface area contributed by atoms with Crippen LogP contribution in [0, 0.1) is 17.6 Å². The summed E-state index contributed by atoms with van der Waals surface area (Å²) in [6.07, 6.45) is -0.848. The van der Waals surface area contributed by atoms with Gasteiger partial charge in [0.2, 0.25) is 0 Å². The molecule has 4 heterocycles. The molecular formula is C28H21F5N6O2. The highest BCUT2D eigenvalue weighted by Crippen LogP contribution is 2.38. The summed E-state index contributed by atoms with van der Waals surface area (Å²) in [5.74, 6) is -1.76. The predicted molar refractivity (Wildman–Crippen MR) is 136 cm³/mol. The van der Waals surface area contributed by atoms with Crippen molar-refractivity contribution in [3.63, 3.8) is 0 Å². The molecule has 3 aromatic rings.